The first kappa shape index (κ1) is 20.1. The minimum Gasteiger partial charge on any atom is -0.459 e. The van der Waals surface area contributed by atoms with Crippen molar-refractivity contribution >= 4 is 17.7 Å². The summed E-state index contributed by atoms with van der Waals surface area (Å²) in [6, 6.07) is 4.96. The molecule has 0 aromatic heterocycles. The maximum Gasteiger partial charge on any atom is 0.408 e. The summed E-state index contributed by atoms with van der Waals surface area (Å²) in [7, 11) is 0. The lowest BCUT2D eigenvalue weighted by atomic mass is 10.2. The number of alkyl carbamates (subject to hydrolysis) is 1. The minimum absolute atomic E-state index is 0.134. The van der Waals surface area contributed by atoms with Crippen molar-refractivity contribution in [2.45, 2.75) is 45.4 Å². The van der Waals surface area contributed by atoms with E-state index < -0.39 is 28.6 Å². The van der Waals surface area contributed by atoms with Gasteiger partial charge in [-0.05, 0) is 33.3 Å². The number of esters is 1. The molecular weight excluding hydrogens is 328 g/mol. The minimum atomic E-state index is -0.991. The molecule has 0 aliphatic heterocycles. The average Bonchev–Trinajstić information content (AvgIpc) is 2.50. The maximum absolute atomic E-state index is 12.2. The van der Waals surface area contributed by atoms with Crippen LogP contribution in [0.4, 0.5) is 10.5 Å². The van der Waals surface area contributed by atoms with Crippen LogP contribution in [0, 0.1) is 10.1 Å². The molecular formula is C17H22N2O6. The van der Waals surface area contributed by atoms with Crippen LogP contribution < -0.4 is 5.32 Å². The second-order valence-corrected chi connectivity index (χ2v) is 6.22. The van der Waals surface area contributed by atoms with Gasteiger partial charge >= 0.3 is 12.1 Å². The largest absolute Gasteiger partial charge is 0.459 e. The van der Waals surface area contributed by atoms with E-state index in [4.69, 9.17) is 9.47 Å². The Bertz CT molecular complexity index is 651. The van der Waals surface area contributed by atoms with Crippen LogP contribution >= 0.6 is 0 Å². The zero-order valence-electron chi connectivity index (χ0n) is 14.5. The number of nitro groups is 1. The van der Waals surface area contributed by atoms with E-state index in [2.05, 4.69) is 11.9 Å². The first-order chi connectivity index (χ1) is 11.6. The highest BCUT2D eigenvalue weighted by atomic mass is 16.6. The van der Waals surface area contributed by atoms with Crippen molar-refractivity contribution in [3.63, 3.8) is 0 Å². The Hall–Kier alpha value is -2.90. The van der Waals surface area contributed by atoms with E-state index in [0.717, 1.165) is 0 Å². The van der Waals surface area contributed by atoms with E-state index in [0.29, 0.717) is 0 Å². The molecule has 0 saturated heterocycles. The van der Waals surface area contributed by atoms with Gasteiger partial charge in [0, 0.05) is 6.07 Å². The van der Waals surface area contributed by atoms with Gasteiger partial charge in [0.05, 0.1) is 10.5 Å². The van der Waals surface area contributed by atoms with Crippen LogP contribution in [0.15, 0.2) is 36.9 Å². The zero-order chi connectivity index (χ0) is 19.0. The second-order valence-electron chi connectivity index (χ2n) is 6.22. The molecule has 1 N–H and O–H groups in total. The summed E-state index contributed by atoms with van der Waals surface area (Å²) in [4.78, 5) is 34.4. The van der Waals surface area contributed by atoms with E-state index in [9.17, 15) is 19.7 Å². The number of carbonyl (C=O) groups excluding carboxylic acids is 2. The number of benzene rings is 1. The molecule has 0 spiro atoms. The molecule has 136 valence electrons. The van der Waals surface area contributed by atoms with Gasteiger partial charge in [0.25, 0.3) is 5.69 Å². The van der Waals surface area contributed by atoms with Gasteiger partial charge < -0.3 is 14.8 Å². The lowest BCUT2D eigenvalue weighted by Crippen LogP contribution is -2.44. The Morgan fingerprint density at radius 3 is 2.56 bits per heavy atom. The highest BCUT2D eigenvalue weighted by molar-refractivity contribution is 5.81. The fraction of sp³-hybridized carbons (Fsp3) is 0.412. The standard InChI is InChI=1S/C17H22N2O6/c1-5-8-13(18-16(21)25-17(2,3)4)15(20)24-11-12-9-6-7-10-14(12)19(22)23/h5-7,9-10,13H,1,8,11H2,2-4H3,(H,18,21)/t13-/m0/s1. The Labute approximate surface area is 146 Å². The summed E-state index contributed by atoms with van der Waals surface area (Å²) in [5.41, 5.74) is -0.594. The quantitative estimate of drug-likeness (QED) is 0.350. The van der Waals surface area contributed by atoms with Gasteiger partial charge in [-0.1, -0.05) is 18.2 Å². The van der Waals surface area contributed by atoms with Crippen molar-refractivity contribution in [3.05, 3.63) is 52.6 Å². The molecule has 0 bridgehead atoms. The highest BCUT2D eigenvalue weighted by Crippen LogP contribution is 2.18. The van der Waals surface area contributed by atoms with Gasteiger partial charge in [0.15, 0.2) is 0 Å². The molecule has 0 radical (unpaired) electrons. The van der Waals surface area contributed by atoms with Crippen molar-refractivity contribution in [2.24, 2.45) is 0 Å². The van der Waals surface area contributed by atoms with Crippen molar-refractivity contribution in [2.75, 3.05) is 0 Å². The molecule has 1 aromatic rings. The van der Waals surface area contributed by atoms with Crippen LogP contribution in [0.3, 0.4) is 0 Å². The smallest absolute Gasteiger partial charge is 0.408 e. The molecule has 0 saturated carbocycles. The number of amides is 1. The third-order valence-electron chi connectivity index (χ3n) is 2.94. The molecule has 8 heteroatoms. The summed E-state index contributed by atoms with van der Waals surface area (Å²) in [6.45, 7) is 8.34. The van der Waals surface area contributed by atoms with Crippen LogP contribution in [0.5, 0.6) is 0 Å². The molecule has 1 aromatic carbocycles. The van der Waals surface area contributed by atoms with Gasteiger partial charge in [-0.2, -0.15) is 0 Å². The topological polar surface area (TPSA) is 108 Å². The molecule has 0 unspecified atom stereocenters. The third-order valence-corrected chi connectivity index (χ3v) is 2.94. The number of hydrogen-bond acceptors (Lipinski definition) is 6. The number of nitro benzene ring substituents is 1. The lowest BCUT2D eigenvalue weighted by molar-refractivity contribution is -0.385. The molecule has 0 heterocycles. The Balaban J connectivity index is 2.73. The summed E-state index contributed by atoms with van der Waals surface area (Å²) < 4.78 is 10.2. The molecule has 8 nitrogen and oxygen atoms in total. The molecule has 1 rings (SSSR count). The predicted octanol–water partition coefficient (Wildman–Crippen LogP) is 3.11. The van der Waals surface area contributed by atoms with E-state index in [1.54, 1.807) is 26.8 Å². The normalized spacial score (nSPS) is 12.0. The lowest BCUT2D eigenvalue weighted by Gasteiger charge is -2.22. The SMILES string of the molecule is C=CC[C@H](NC(=O)OC(C)(C)C)C(=O)OCc1ccccc1[N+](=O)[O-]. The summed E-state index contributed by atoms with van der Waals surface area (Å²) in [5.74, 6) is -0.732. The van der Waals surface area contributed by atoms with Gasteiger partial charge in [-0.15, -0.1) is 6.58 Å². The van der Waals surface area contributed by atoms with Crippen LogP contribution in [-0.4, -0.2) is 28.6 Å². The number of para-hydroxylation sites is 1. The number of carbonyl (C=O) groups is 2. The van der Waals surface area contributed by atoms with E-state index >= 15 is 0 Å². The Kier molecular flexibility index (Phi) is 7.10. The van der Waals surface area contributed by atoms with Crippen LogP contribution in [0.25, 0.3) is 0 Å². The fourth-order valence-corrected chi connectivity index (χ4v) is 1.89. The molecule has 0 aliphatic carbocycles. The van der Waals surface area contributed by atoms with Crippen molar-refractivity contribution in [1.29, 1.82) is 0 Å². The van der Waals surface area contributed by atoms with Gasteiger partial charge in [0.1, 0.15) is 18.2 Å². The Morgan fingerprint density at radius 2 is 2.00 bits per heavy atom. The highest BCUT2D eigenvalue weighted by Gasteiger charge is 2.25. The molecule has 0 fully saturated rings. The summed E-state index contributed by atoms with van der Waals surface area (Å²) in [5, 5.41) is 13.4. The maximum atomic E-state index is 12.2. The average molecular weight is 350 g/mol. The van der Waals surface area contributed by atoms with Gasteiger partial charge in [-0.3, -0.25) is 10.1 Å². The molecule has 25 heavy (non-hydrogen) atoms. The number of nitrogens with one attached hydrogen (secondary N) is 1. The predicted molar refractivity (Wildman–Crippen MR) is 90.9 cm³/mol. The number of hydrogen-bond donors (Lipinski definition) is 1. The first-order valence-electron chi connectivity index (χ1n) is 7.63. The monoisotopic (exact) mass is 350 g/mol. The number of nitrogens with zero attached hydrogens (tertiary/aromatic N) is 1. The summed E-state index contributed by atoms with van der Waals surface area (Å²) >= 11 is 0. The summed E-state index contributed by atoms with van der Waals surface area (Å²) in [6.07, 6.45) is 0.824. The third kappa shape index (κ3) is 7.03. The Morgan fingerprint density at radius 1 is 1.36 bits per heavy atom. The second kappa shape index (κ2) is 8.81. The first-order valence-corrected chi connectivity index (χ1v) is 7.63. The zero-order valence-corrected chi connectivity index (χ0v) is 14.5. The number of ether oxygens (including phenoxy) is 2. The van der Waals surface area contributed by atoms with Gasteiger partial charge in [0.2, 0.25) is 0 Å². The van der Waals surface area contributed by atoms with Crippen molar-refractivity contribution < 1.29 is 24.0 Å². The van der Waals surface area contributed by atoms with Crippen molar-refractivity contribution in [3.8, 4) is 0 Å². The van der Waals surface area contributed by atoms with Crippen LogP contribution in [0.2, 0.25) is 0 Å². The molecule has 1 atom stereocenters. The van der Waals surface area contributed by atoms with Crippen molar-refractivity contribution in [1.82, 2.24) is 5.32 Å². The molecule has 1 amide bonds. The molecule has 0 aliphatic rings. The van der Waals surface area contributed by atoms with Gasteiger partial charge in [-0.25, -0.2) is 9.59 Å². The van der Waals surface area contributed by atoms with E-state index in [-0.39, 0.29) is 24.3 Å². The van der Waals surface area contributed by atoms with E-state index in [1.807, 2.05) is 0 Å². The van der Waals surface area contributed by atoms with Crippen LogP contribution in [-0.2, 0) is 20.9 Å². The van der Waals surface area contributed by atoms with E-state index in [1.165, 1.54) is 24.3 Å². The van der Waals surface area contributed by atoms with Crippen LogP contribution in [0.1, 0.15) is 32.8 Å². The fourth-order valence-electron chi connectivity index (χ4n) is 1.89. The number of rotatable bonds is 7.